The number of anilines is 1. The summed E-state index contributed by atoms with van der Waals surface area (Å²) in [5, 5.41) is 11.9. The Labute approximate surface area is 151 Å². The number of amides is 1. The Hall–Kier alpha value is -2.86. The molecule has 1 amide bonds. The molecule has 1 saturated heterocycles. The molecule has 2 N–H and O–H groups in total. The minimum atomic E-state index is -1.04. The zero-order chi connectivity index (χ0) is 18.4. The van der Waals surface area contributed by atoms with Crippen molar-refractivity contribution in [1.82, 2.24) is 0 Å². The molecule has 6 heteroatoms. The van der Waals surface area contributed by atoms with Gasteiger partial charge in [-0.1, -0.05) is 18.2 Å². The van der Waals surface area contributed by atoms with E-state index in [4.69, 9.17) is 9.47 Å². The number of rotatable bonds is 7. The number of hydrogen-bond acceptors (Lipinski definition) is 4. The smallest absolute Gasteiger partial charge is 0.335 e. The predicted molar refractivity (Wildman–Crippen MR) is 96.6 cm³/mol. The maximum absolute atomic E-state index is 12.2. The average molecular weight is 355 g/mol. The molecule has 136 valence electrons. The van der Waals surface area contributed by atoms with Crippen LogP contribution in [0.25, 0.3) is 0 Å². The Morgan fingerprint density at radius 2 is 1.92 bits per heavy atom. The summed E-state index contributed by atoms with van der Waals surface area (Å²) in [6.07, 6.45) is 2.25. The standard InChI is InChI=1S/C20H21NO5/c22-19(12-14-4-1-2-6-18(14)20(23)24)21-15-7-9-16(10-8-15)26-13-17-5-3-11-25-17/h1-2,4,6-10,17H,3,5,11-13H2,(H,21,22)(H,23,24). The minimum absolute atomic E-state index is 0.000254. The van der Waals surface area contributed by atoms with Gasteiger partial charge in [-0.3, -0.25) is 4.79 Å². The molecule has 0 aromatic heterocycles. The van der Waals surface area contributed by atoms with Gasteiger partial charge in [0.1, 0.15) is 12.4 Å². The van der Waals surface area contributed by atoms with Gasteiger partial charge in [-0.15, -0.1) is 0 Å². The van der Waals surface area contributed by atoms with Crippen molar-refractivity contribution in [2.24, 2.45) is 0 Å². The fraction of sp³-hybridized carbons (Fsp3) is 0.300. The lowest BCUT2D eigenvalue weighted by Crippen LogP contribution is -2.17. The molecule has 2 aromatic carbocycles. The van der Waals surface area contributed by atoms with Crippen LogP contribution in [-0.2, 0) is 16.0 Å². The summed E-state index contributed by atoms with van der Waals surface area (Å²) in [5.74, 6) is -0.595. The van der Waals surface area contributed by atoms with Crippen molar-refractivity contribution < 1.29 is 24.2 Å². The molecule has 2 aromatic rings. The maximum Gasteiger partial charge on any atom is 0.335 e. The summed E-state index contributed by atoms with van der Waals surface area (Å²) in [7, 11) is 0. The average Bonchev–Trinajstić information content (AvgIpc) is 3.15. The molecular formula is C20H21NO5. The molecule has 0 radical (unpaired) electrons. The number of carbonyl (C=O) groups excluding carboxylic acids is 1. The Kier molecular flexibility index (Phi) is 5.86. The normalized spacial score (nSPS) is 16.2. The molecule has 0 saturated carbocycles. The number of carboxylic acids is 1. The third-order valence-corrected chi connectivity index (χ3v) is 4.20. The van der Waals surface area contributed by atoms with Crippen LogP contribution in [0, 0.1) is 0 Å². The van der Waals surface area contributed by atoms with Crippen LogP contribution >= 0.6 is 0 Å². The lowest BCUT2D eigenvalue weighted by atomic mass is 10.0. The van der Waals surface area contributed by atoms with Crippen LogP contribution < -0.4 is 10.1 Å². The van der Waals surface area contributed by atoms with Gasteiger partial charge in [-0.25, -0.2) is 4.79 Å². The van der Waals surface area contributed by atoms with Crippen LogP contribution in [0.1, 0.15) is 28.8 Å². The fourth-order valence-corrected chi connectivity index (χ4v) is 2.86. The van der Waals surface area contributed by atoms with Gasteiger partial charge >= 0.3 is 5.97 Å². The molecule has 0 bridgehead atoms. The van der Waals surface area contributed by atoms with Crippen molar-refractivity contribution >= 4 is 17.6 Å². The Morgan fingerprint density at radius 1 is 1.15 bits per heavy atom. The Balaban J connectivity index is 1.53. The van der Waals surface area contributed by atoms with Crippen LogP contribution in [0.3, 0.4) is 0 Å². The van der Waals surface area contributed by atoms with E-state index in [2.05, 4.69) is 5.32 Å². The predicted octanol–water partition coefficient (Wildman–Crippen LogP) is 3.12. The van der Waals surface area contributed by atoms with Crippen molar-refractivity contribution in [2.75, 3.05) is 18.5 Å². The number of carboxylic acid groups (broad SMARTS) is 1. The van der Waals surface area contributed by atoms with Crippen molar-refractivity contribution in [3.05, 3.63) is 59.7 Å². The first-order valence-corrected chi connectivity index (χ1v) is 8.57. The number of nitrogens with one attached hydrogen (secondary N) is 1. The third kappa shape index (κ3) is 4.83. The lowest BCUT2D eigenvalue weighted by molar-refractivity contribution is -0.115. The highest BCUT2D eigenvalue weighted by Crippen LogP contribution is 2.19. The summed E-state index contributed by atoms with van der Waals surface area (Å²) >= 11 is 0. The zero-order valence-electron chi connectivity index (χ0n) is 14.3. The van der Waals surface area contributed by atoms with E-state index in [1.165, 1.54) is 6.07 Å². The molecule has 1 atom stereocenters. The van der Waals surface area contributed by atoms with E-state index < -0.39 is 5.97 Å². The second-order valence-electron chi connectivity index (χ2n) is 6.16. The van der Waals surface area contributed by atoms with E-state index in [1.807, 2.05) is 0 Å². The van der Waals surface area contributed by atoms with Gasteiger partial charge in [0.2, 0.25) is 5.91 Å². The summed E-state index contributed by atoms with van der Waals surface area (Å²) < 4.78 is 11.2. The van der Waals surface area contributed by atoms with Crippen LogP contribution in [0.2, 0.25) is 0 Å². The van der Waals surface area contributed by atoms with Crippen molar-refractivity contribution in [1.29, 1.82) is 0 Å². The van der Waals surface area contributed by atoms with E-state index in [0.717, 1.165) is 25.2 Å². The quantitative estimate of drug-likeness (QED) is 0.797. The van der Waals surface area contributed by atoms with Crippen molar-refractivity contribution in [2.45, 2.75) is 25.4 Å². The number of benzene rings is 2. The summed E-state index contributed by atoms with van der Waals surface area (Å²) in [5.41, 5.74) is 1.25. The van der Waals surface area contributed by atoms with Crippen LogP contribution in [0.4, 0.5) is 5.69 Å². The first kappa shape index (κ1) is 17.9. The number of aromatic carboxylic acids is 1. The molecule has 6 nitrogen and oxygen atoms in total. The van der Waals surface area contributed by atoms with Crippen molar-refractivity contribution in [3.8, 4) is 5.75 Å². The number of ether oxygens (including phenoxy) is 2. The van der Waals surface area contributed by atoms with Crippen LogP contribution in [0.5, 0.6) is 5.75 Å². The Morgan fingerprint density at radius 3 is 2.62 bits per heavy atom. The van der Waals surface area contributed by atoms with Crippen LogP contribution in [0.15, 0.2) is 48.5 Å². The third-order valence-electron chi connectivity index (χ3n) is 4.20. The van der Waals surface area contributed by atoms with E-state index in [-0.39, 0.29) is 24.0 Å². The molecule has 26 heavy (non-hydrogen) atoms. The molecule has 0 spiro atoms. The first-order valence-electron chi connectivity index (χ1n) is 8.57. The second-order valence-corrected chi connectivity index (χ2v) is 6.16. The molecule has 1 heterocycles. The lowest BCUT2D eigenvalue weighted by Gasteiger charge is -2.12. The van der Waals surface area contributed by atoms with E-state index in [0.29, 0.717) is 17.9 Å². The monoisotopic (exact) mass is 355 g/mol. The van der Waals surface area contributed by atoms with Gasteiger partial charge in [0.05, 0.1) is 18.1 Å². The van der Waals surface area contributed by atoms with Gasteiger partial charge in [0.25, 0.3) is 0 Å². The highest BCUT2D eigenvalue weighted by atomic mass is 16.5. The molecule has 3 rings (SSSR count). The van der Waals surface area contributed by atoms with Gasteiger partial charge < -0.3 is 19.9 Å². The van der Waals surface area contributed by atoms with E-state index >= 15 is 0 Å². The zero-order valence-corrected chi connectivity index (χ0v) is 14.3. The van der Waals surface area contributed by atoms with E-state index in [1.54, 1.807) is 42.5 Å². The van der Waals surface area contributed by atoms with Gasteiger partial charge in [0, 0.05) is 12.3 Å². The fourth-order valence-electron chi connectivity index (χ4n) is 2.86. The van der Waals surface area contributed by atoms with Crippen molar-refractivity contribution in [3.63, 3.8) is 0 Å². The number of hydrogen-bond donors (Lipinski definition) is 2. The molecule has 1 fully saturated rings. The number of carbonyl (C=O) groups is 2. The summed E-state index contributed by atoms with van der Waals surface area (Å²) in [6.45, 7) is 1.32. The summed E-state index contributed by atoms with van der Waals surface area (Å²) in [6, 6.07) is 13.6. The molecular weight excluding hydrogens is 334 g/mol. The highest BCUT2D eigenvalue weighted by molar-refractivity contribution is 5.96. The van der Waals surface area contributed by atoms with Gasteiger partial charge in [-0.05, 0) is 48.7 Å². The summed E-state index contributed by atoms with van der Waals surface area (Å²) in [4.78, 5) is 23.4. The molecule has 0 aliphatic carbocycles. The largest absolute Gasteiger partial charge is 0.491 e. The second kappa shape index (κ2) is 8.49. The van der Waals surface area contributed by atoms with E-state index in [9.17, 15) is 14.7 Å². The first-order chi connectivity index (χ1) is 12.6. The molecule has 1 unspecified atom stereocenters. The maximum atomic E-state index is 12.2. The molecule has 1 aliphatic heterocycles. The van der Waals surface area contributed by atoms with Gasteiger partial charge in [-0.2, -0.15) is 0 Å². The Bertz CT molecular complexity index is 766. The minimum Gasteiger partial charge on any atom is -0.491 e. The molecule has 1 aliphatic rings. The topological polar surface area (TPSA) is 84.9 Å². The van der Waals surface area contributed by atoms with Gasteiger partial charge in [0.15, 0.2) is 0 Å². The SMILES string of the molecule is O=C(Cc1ccccc1C(=O)O)Nc1ccc(OCC2CCCO2)cc1. The van der Waals surface area contributed by atoms with Crippen LogP contribution in [-0.4, -0.2) is 36.3 Å². The highest BCUT2D eigenvalue weighted by Gasteiger charge is 2.16.